The van der Waals surface area contributed by atoms with Gasteiger partial charge in [-0.2, -0.15) is 0 Å². The molecular weight excluding hydrogens is 509 g/mol. The molecule has 0 radical (unpaired) electrons. The lowest BCUT2D eigenvalue weighted by molar-refractivity contribution is 0.414. The summed E-state index contributed by atoms with van der Waals surface area (Å²) < 4.78 is 16.1. The number of hydrogen-bond donors (Lipinski definition) is 1. The summed E-state index contributed by atoms with van der Waals surface area (Å²) in [4.78, 5) is 13.9. The Labute approximate surface area is 227 Å². The molecule has 0 bridgehead atoms. The first kappa shape index (κ1) is 29.4. The van der Waals surface area contributed by atoms with Crippen molar-refractivity contribution in [3.8, 4) is 17.2 Å². The molecule has 4 nitrogen and oxygen atoms in total. The standard InChI is InChI=1S/C11H10O2S.C11H14OS.C7H8OS/c1-7-6-14-10-4-3-8(13-2)5-9(10)11(7)12;1-9(2)8-13-11-6-4-10(12-3)5-7-11;1-8-6-2-4-7(9)5-3-6/h3-6H,1-2H3;4-8H,1-3H3;2-5,9H,1H3. The third-order valence-electron chi connectivity index (χ3n) is 4.71. The molecule has 0 spiro atoms. The van der Waals surface area contributed by atoms with E-state index >= 15 is 0 Å². The summed E-state index contributed by atoms with van der Waals surface area (Å²) in [5.74, 6) is 2.50. The number of benzene rings is 3. The van der Waals surface area contributed by atoms with Crippen molar-refractivity contribution in [1.82, 2.24) is 0 Å². The number of fused-ring (bicyclic) bond motifs is 1. The third kappa shape index (κ3) is 9.64. The highest BCUT2D eigenvalue weighted by Crippen LogP contribution is 2.23. The van der Waals surface area contributed by atoms with Gasteiger partial charge in [-0.15, -0.1) is 24.0 Å². The Morgan fingerprint density at radius 2 is 1.36 bits per heavy atom. The van der Waals surface area contributed by atoms with E-state index in [0.29, 0.717) is 0 Å². The van der Waals surface area contributed by atoms with Gasteiger partial charge in [0.1, 0.15) is 17.2 Å². The summed E-state index contributed by atoms with van der Waals surface area (Å²) in [5.41, 5.74) is 2.20. The van der Waals surface area contributed by atoms with E-state index in [0.717, 1.165) is 37.8 Å². The number of hydrogen-bond acceptors (Lipinski definition) is 7. The van der Waals surface area contributed by atoms with Crippen LogP contribution in [0.1, 0.15) is 19.4 Å². The van der Waals surface area contributed by atoms with Gasteiger partial charge in [0, 0.05) is 25.4 Å². The molecule has 0 saturated carbocycles. The van der Waals surface area contributed by atoms with Crippen LogP contribution in [-0.2, 0) is 0 Å². The summed E-state index contributed by atoms with van der Waals surface area (Å²) in [6.07, 6.45) is 0. The van der Waals surface area contributed by atoms with Crippen molar-refractivity contribution in [2.75, 3.05) is 21.3 Å². The highest BCUT2D eigenvalue weighted by Gasteiger charge is 2.03. The lowest BCUT2D eigenvalue weighted by Gasteiger charge is -2.01. The van der Waals surface area contributed by atoms with Crippen molar-refractivity contribution in [3.63, 3.8) is 0 Å². The van der Waals surface area contributed by atoms with Crippen LogP contribution in [0.5, 0.6) is 17.2 Å². The number of allylic oxidation sites excluding steroid dienone is 1. The quantitative estimate of drug-likeness (QED) is 0.204. The van der Waals surface area contributed by atoms with Crippen molar-refractivity contribution < 1.29 is 14.2 Å². The molecule has 0 aliphatic carbocycles. The molecule has 0 unspecified atom stereocenters. The molecule has 3 aromatic carbocycles. The Kier molecular flexibility index (Phi) is 12.5. The van der Waals surface area contributed by atoms with Gasteiger partial charge in [0.15, 0.2) is 5.43 Å². The van der Waals surface area contributed by atoms with Crippen LogP contribution < -0.4 is 19.6 Å². The SMILES string of the molecule is COc1ccc(S)cc1.COc1ccc(SC=C(C)C)cc1.COc1ccc2scc(C)c(=O)c2c1. The van der Waals surface area contributed by atoms with E-state index in [1.807, 2.05) is 60.8 Å². The normalized spacial score (nSPS) is 9.75. The maximum atomic E-state index is 11.7. The molecule has 190 valence electrons. The fourth-order valence-corrected chi connectivity index (χ4v) is 4.41. The molecule has 0 saturated heterocycles. The van der Waals surface area contributed by atoms with Gasteiger partial charge in [-0.25, -0.2) is 0 Å². The zero-order valence-corrected chi connectivity index (χ0v) is 23.9. The van der Waals surface area contributed by atoms with Crippen molar-refractivity contribution in [2.24, 2.45) is 0 Å². The lowest BCUT2D eigenvalue weighted by Crippen LogP contribution is -2.03. The predicted molar refractivity (Wildman–Crippen MR) is 158 cm³/mol. The number of ether oxygens (including phenoxy) is 3. The Morgan fingerprint density at radius 3 is 1.89 bits per heavy atom. The van der Waals surface area contributed by atoms with Crippen LogP contribution in [0, 0.1) is 6.92 Å². The largest absolute Gasteiger partial charge is 0.497 e. The average Bonchev–Trinajstić information content (AvgIpc) is 2.91. The molecule has 36 heavy (non-hydrogen) atoms. The van der Waals surface area contributed by atoms with E-state index < -0.39 is 0 Å². The second kappa shape index (κ2) is 15.3. The van der Waals surface area contributed by atoms with Crippen LogP contribution in [-0.4, -0.2) is 21.3 Å². The molecular formula is C29H32O4S3. The van der Waals surface area contributed by atoms with Gasteiger partial charge in [0.25, 0.3) is 0 Å². The van der Waals surface area contributed by atoms with Gasteiger partial charge in [0.2, 0.25) is 0 Å². The van der Waals surface area contributed by atoms with E-state index in [4.69, 9.17) is 14.2 Å². The highest BCUT2D eigenvalue weighted by molar-refractivity contribution is 8.02. The fourth-order valence-electron chi connectivity index (χ4n) is 2.76. The second-order valence-electron chi connectivity index (χ2n) is 7.80. The molecule has 0 atom stereocenters. The first-order chi connectivity index (χ1) is 17.3. The molecule has 0 aliphatic rings. The number of rotatable bonds is 5. The highest BCUT2D eigenvalue weighted by atomic mass is 32.2. The molecule has 1 aromatic heterocycles. The van der Waals surface area contributed by atoms with Crippen LogP contribution >= 0.6 is 35.7 Å². The van der Waals surface area contributed by atoms with Gasteiger partial charge >= 0.3 is 0 Å². The molecule has 4 rings (SSSR count). The lowest BCUT2D eigenvalue weighted by atomic mass is 10.2. The van der Waals surface area contributed by atoms with Crippen molar-refractivity contribution in [2.45, 2.75) is 30.6 Å². The van der Waals surface area contributed by atoms with Gasteiger partial charge in [-0.3, -0.25) is 4.79 Å². The van der Waals surface area contributed by atoms with Gasteiger partial charge in [-0.05, 0) is 98.3 Å². The zero-order chi connectivity index (χ0) is 26.5. The minimum absolute atomic E-state index is 0.0950. The minimum atomic E-state index is 0.0950. The van der Waals surface area contributed by atoms with Crippen LogP contribution in [0.25, 0.3) is 10.1 Å². The summed E-state index contributed by atoms with van der Waals surface area (Å²) >= 11 is 7.43. The molecule has 0 N–H and O–H groups in total. The van der Waals surface area contributed by atoms with Crippen molar-refractivity contribution in [3.05, 3.63) is 98.9 Å². The monoisotopic (exact) mass is 540 g/mol. The third-order valence-corrected chi connectivity index (χ3v) is 7.23. The first-order valence-electron chi connectivity index (χ1n) is 11.1. The molecule has 1 heterocycles. The van der Waals surface area contributed by atoms with Crippen LogP contribution in [0.15, 0.2) is 97.7 Å². The molecule has 0 aliphatic heterocycles. The number of methoxy groups -OCH3 is 3. The Bertz CT molecular complexity index is 1310. The fraction of sp³-hybridized carbons (Fsp3) is 0.207. The van der Waals surface area contributed by atoms with E-state index in [2.05, 4.69) is 44.0 Å². The maximum Gasteiger partial charge on any atom is 0.191 e. The van der Waals surface area contributed by atoms with Crippen molar-refractivity contribution in [1.29, 1.82) is 0 Å². The Balaban J connectivity index is 0.000000195. The predicted octanol–water partition coefficient (Wildman–Crippen LogP) is 8.27. The zero-order valence-electron chi connectivity index (χ0n) is 21.4. The van der Waals surface area contributed by atoms with E-state index in [1.165, 1.54) is 10.5 Å². The molecule has 0 amide bonds. The summed E-state index contributed by atoms with van der Waals surface area (Å²) in [6, 6.07) is 21.2. The van der Waals surface area contributed by atoms with Crippen molar-refractivity contribution >= 4 is 45.8 Å². The smallest absolute Gasteiger partial charge is 0.191 e. The van der Waals surface area contributed by atoms with Gasteiger partial charge in [-0.1, -0.05) is 17.3 Å². The number of aryl methyl sites for hydroxylation is 1. The first-order valence-corrected chi connectivity index (χ1v) is 13.3. The van der Waals surface area contributed by atoms with E-state index in [-0.39, 0.29) is 5.43 Å². The molecule has 4 aromatic rings. The van der Waals surface area contributed by atoms with Gasteiger partial charge < -0.3 is 14.2 Å². The van der Waals surface area contributed by atoms with Crippen LogP contribution in [0.4, 0.5) is 0 Å². The Hall–Kier alpha value is -2.87. The summed E-state index contributed by atoms with van der Waals surface area (Å²) in [7, 11) is 4.93. The molecule has 0 fully saturated rings. The number of thiol groups is 1. The topological polar surface area (TPSA) is 44.8 Å². The maximum absolute atomic E-state index is 11.7. The summed E-state index contributed by atoms with van der Waals surface area (Å²) in [5, 5.41) is 4.77. The van der Waals surface area contributed by atoms with Crippen LogP contribution in [0.2, 0.25) is 0 Å². The van der Waals surface area contributed by atoms with E-state index in [9.17, 15) is 4.79 Å². The van der Waals surface area contributed by atoms with Gasteiger partial charge in [0.05, 0.1) is 21.3 Å². The second-order valence-corrected chi connectivity index (χ2v) is 10.2. The Morgan fingerprint density at radius 1 is 0.833 bits per heavy atom. The van der Waals surface area contributed by atoms with E-state index in [1.54, 1.807) is 50.5 Å². The average molecular weight is 541 g/mol. The molecule has 7 heteroatoms. The van der Waals surface area contributed by atoms with Crippen LogP contribution in [0.3, 0.4) is 0 Å². The minimum Gasteiger partial charge on any atom is -0.497 e. The number of thioether (sulfide) groups is 1. The summed E-state index contributed by atoms with van der Waals surface area (Å²) in [6.45, 7) is 6.02.